The fourth-order valence-electron chi connectivity index (χ4n) is 3.32. The maximum Gasteiger partial charge on any atom is 0.260 e. The summed E-state index contributed by atoms with van der Waals surface area (Å²) in [4.78, 5) is 30.7. The summed E-state index contributed by atoms with van der Waals surface area (Å²) >= 11 is 1.57. The molecule has 0 aliphatic heterocycles. The summed E-state index contributed by atoms with van der Waals surface area (Å²) in [5, 5.41) is 0.722. The van der Waals surface area contributed by atoms with Crippen LogP contribution in [0.15, 0.2) is 42.7 Å². The number of fused-ring (bicyclic) bond motifs is 2. The van der Waals surface area contributed by atoms with E-state index < -0.39 is 0 Å². The molecule has 6 nitrogen and oxygen atoms in total. The van der Waals surface area contributed by atoms with Crippen LogP contribution in [-0.4, -0.2) is 52.9 Å². The number of rotatable bonds is 5. The van der Waals surface area contributed by atoms with E-state index in [9.17, 15) is 4.79 Å². The molecule has 148 valence electrons. The third kappa shape index (κ3) is 3.97. The Bertz CT molecular complexity index is 1200. The molecular weight excluding hydrogens is 382 g/mol. The van der Waals surface area contributed by atoms with E-state index in [4.69, 9.17) is 4.98 Å². The van der Waals surface area contributed by atoms with Crippen LogP contribution in [0.4, 0.5) is 5.13 Å². The van der Waals surface area contributed by atoms with Gasteiger partial charge in [-0.05, 0) is 63.3 Å². The second-order valence-corrected chi connectivity index (χ2v) is 8.42. The quantitative estimate of drug-likeness (QED) is 0.501. The summed E-state index contributed by atoms with van der Waals surface area (Å²) in [5.74, 6) is -0.0761. The maximum atomic E-state index is 13.5. The molecule has 0 unspecified atom stereocenters. The Morgan fingerprint density at radius 1 is 0.966 bits per heavy atom. The lowest BCUT2D eigenvalue weighted by Gasteiger charge is -2.22. The third-order valence-corrected chi connectivity index (χ3v) is 6.00. The molecule has 1 amide bonds. The molecule has 0 radical (unpaired) electrons. The zero-order chi connectivity index (χ0) is 20.5. The van der Waals surface area contributed by atoms with Crippen molar-refractivity contribution in [1.29, 1.82) is 0 Å². The fraction of sp³-hybridized carbons (Fsp3) is 0.273. The number of benzene rings is 2. The normalized spacial score (nSPS) is 11.5. The summed E-state index contributed by atoms with van der Waals surface area (Å²) < 4.78 is 1.12. The molecule has 29 heavy (non-hydrogen) atoms. The van der Waals surface area contributed by atoms with Gasteiger partial charge in [-0.3, -0.25) is 19.7 Å². The largest absolute Gasteiger partial charge is 0.308 e. The number of thiazole rings is 1. The number of carbonyl (C=O) groups excluding carboxylic acids is 1. The van der Waals surface area contributed by atoms with Gasteiger partial charge in [-0.1, -0.05) is 17.4 Å². The van der Waals surface area contributed by atoms with Crippen molar-refractivity contribution in [1.82, 2.24) is 19.9 Å². The number of aryl methyl sites for hydroxylation is 2. The van der Waals surface area contributed by atoms with Crippen LogP contribution in [-0.2, 0) is 0 Å². The summed E-state index contributed by atoms with van der Waals surface area (Å²) in [6.45, 7) is 5.46. The zero-order valence-corrected chi connectivity index (χ0v) is 17.8. The lowest BCUT2D eigenvalue weighted by atomic mass is 10.1. The molecule has 0 atom stereocenters. The van der Waals surface area contributed by atoms with E-state index in [2.05, 4.69) is 40.8 Å². The molecule has 2 heterocycles. The zero-order valence-electron chi connectivity index (χ0n) is 17.0. The monoisotopic (exact) mass is 405 g/mol. The van der Waals surface area contributed by atoms with Crippen molar-refractivity contribution in [2.24, 2.45) is 0 Å². The molecule has 0 spiro atoms. The lowest BCUT2D eigenvalue weighted by Crippen LogP contribution is -2.36. The summed E-state index contributed by atoms with van der Waals surface area (Å²) in [6.07, 6.45) is 3.29. The van der Waals surface area contributed by atoms with E-state index in [1.165, 1.54) is 11.1 Å². The molecule has 2 aromatic heterocycles. The summed E-state index contributed by atoms with van der Waals surface area (Å²) in [7, 11) is 4.00. The van der Waals surface area contributed by atoms with Gasteiger partial charge < -0.3 is 4.90 Å². The van der Waals surface area contributed by atoms with Gasteiger partial charge in [-0.25, -0.2) is 4.98 Å². The number of hydrogen-bond acceptors (Lipinski definition) is 6. The van der Waals surface area contributed by atoms with Crippen molar-refractivity contribution in [3.05, 3.63) is 59.4 Å². The van der Waals surface area contributed by atoms with Gasteiger partial charge in [0.2, 0.25) is 0 Å². The lowest BCUT2D eigenvalue weighted by molar-refractivity contribution is 0.0985. The van der Waals surface area contributed by atoms with Gasteiger partial charge in [-0.15, -0.1) is 0 Å². The van der Waals surface area contributed by atoms with Gasteiger partial charge in [0.15, 0.2) is 5.13 Å². The van der Waals surface area contributed by atoms with E-state index in [-0.39, 0.29) is 5.91 Å². The van der Waals surface area contributed by atoms with Crippen LogP contribution in [0.1, 0.15) is 21.5 Å². The minimum atomic E-state index is -0.0761. The van der Waals surface area contributed by atoms with Gasteiger partial charge in [0.05, 0.1) is 21.3 Å². The second-order valence-electron chi connectivity index (χ2n) is 7.45. The van der Waals surface area contributed by atoms with Crippen LogP contribution in [0.2, 0.25) is 0 Å². The number of anilines is 1. The van der Waals surface area contributed by atoms with E-state index in [1.807, 2.05) is 26.2 Å². The molecule has 0 saturated heterocycles. The number of hydrogen-bond donors (Lipinski definition) is 0. The van der Waals surface area contributed by atoms with Crippen LogP contribution >= 0.6 is 11.3 Å². The Balaban J connectivity index is 1.76. The first kappa shape index (κ1) is 19.4. The third-order valence-electron chi connectivity index (χ3n) is 4.77. The van der Waals surface area contributed by atoms with E-state index in [0.717, 1.165) is 27.4 Å². The molecule has 2 aromatic carbocycles. The average molecular weight is 406 g/mol. The Labute approximate surface area is 173 Å². The van der Waals surface area contributed by atoms with Crippen LogP contribution < -0.4 is 4.90 Å². The van der Waals surface area contributed by atoms with Crippen LogP contribution in [0.3, 0.4) is 0 Å². The number of nitrogens with zero attached hydrogens (tertiary/aromatic N) is 5. The molecule has 4 rings (SSSR count). The summed E-state index contributed by atoms with van der Waals surface area (Å²) in [6, 6.07) is 9.67. The number of aromatic nitrogens is 3. The van der Waals surface area contributed by atoms with Crippen molar-refractivity contribution < 1.29 is 4.79 Å². The molecule has 7 heteroatoms. The highest BCUT2D eigenvalue weighted by Gasteiger charge is 2.22. The predicted molar refractivity (Wildman–Crippen MR) is 119 cm³/mol. The number of likely N-dealkylation sites (N-methyl/N-ethyl adjacent to an activating group) is 1. The number of amides is 1. The highest BCUT2D eigenvalue weighted by molar-refractivity contribution is 7.22. The van der Waals surface area contributed by atoms with Crippen molar-refractivity contribution in [2.75, 3.05) is 32.1 Å². The van der Waals surface area contributed by atoms with Gasteiger partial charge in [0, 0.05) is 31.0 Å². The second kappa shape index (κ2) is 7.85. The first-order chi connectivity index (χ1) is 13.9. The molecule has 0 fully saturated rings. The van der Waals surface area contributed by atoms with Crippen LogP contribution in [0.25, 0.3) is 21.3 Å². The standard InChI is InChI=1S/C22H23N5OS/c1-14-11-15(2)20-19(12-14)25-22(29-20)27(10-9-26(3)4)21(28)16-5-6-17-18(13-16)24-8-7-23-17/h5-8,11-13H,9-10H2,1-4H3. The molecule has 0 N–H and O–H groups in total. The van der Waals surface area contributed by atoms with E-state index in [1.54, 1.807) is 34.7 Å². The minimum absolute atomic E-state index is 0.0761. The van der Waals surface area contributed by atoms with Crippen molar-refractivity contribution in [2.45, 2.75) is 13.8 Å². The first-order valence-electron chi connectivity index (χ1n) is 9.47. The molecule has 0 bridgehead atoms. The predicted octanol–water partition coefficient (Wildman–Crippen LogP) is 4.06. The highest BCUT2D eigenvalue weighted by Crippen LogP contribution is 2.33. The van der Waals surface area contributed by atoms with E-state index >= 15 is 0 Å². The minimum Gasteiger partial charge on any atom is -0.308 e. The van der Waals surface area contributed by atoms with Crippen LogP contribution in [0.5, 0.6) is 0 Å². The molecule has 0 saturated carbocycles. The Hall–Kier alpha value is -2.90. The Morgan fingerprint density at radius 3 is 2.48 bits per heavy atom. The van der Waals surface area contributed by atoms with Gasteiger partial charge >= 0.3 is 0 Å². The molecule has 0 aliphatic rings. The summed E-state index contributed by atoms with van der Waals surface area (Å²) in [5.41, 5.74) is 5.37. The first-order valence-corrected chi connectivity index (χ1v) is 10.3. The Kier molecular flexibility index (Phi) is 5.25. The molecular formula is C22H23N5OS. The van der Waals surface area contributed by atoms with Gasteiger partial charge in [-0.2, -0.15) is 0 Å². The molecule has 4 aromatic rings. The van der Waals surface area contributed by atoms with Crippen molar-refractivity contribution in [3.63, 3.8) is 0 Å². The average Bonchev–Trinajstić information content (AvgIpc) is 3.11. The Morgan fingerprint density at radius 2 is 1.72 bits per heavy atom. The fourth-order valence-corrected chi connectivity index (χ4v) is 4.36. The van der Waals surface area contributed by atoms with Crippen molar-refractivity contribution in [3.8, 4) is 0 Å². The molecule has 0 aliphatic carbocycles. The maximum absolute atomic E-state index is 13.5. The van der Waals surface area contributed by atoms with E-state index in [0.29, 0.717) is 17.6 Å². The van der Waals surface area contributed by atoms with Gasteiger partial charge in [0.1, 0.15) is 0 Å². The SMILES string of the molecule is Cc1cc(C)c2sc(N(CCN(C)C)C(=O)c3ccc4nccnc4c3)nc2c1. The van der Waals surface area contributed by atoms with Crippen LogP contribution in [0, 0.1) is 13.8 Å². The highest BCUT2D eigenvalue weighted by atomic mass is 32.1. The number of carbonyl (C=O) groups is 1. The smallest absolute Gasteiger partial charge is 0.260 e. The van der Waals surface area contributed by atoms with Gasteiger partial charge in [0.25, 0.3) is 5.91 Å². The van der Waals surface area contributed by atoms with Crippen molar-refractivity contribution >= 4 is 43.6 Å². The topological polar surface area (TPSA) is 62.2 Å².